The van der Waals surface area contributed by atoms with Gasteiger partial charge in [-0.1, -0.05) is 0 Å². The summed E-state index contributed by atoms with van der Waals surface area (Å²) in [6, 6.07) is 0. The van der Waals surface area contributed by atoms with Crippen LogP contribution in [0.15, 0.2) is 0 Å². The molecule has 0 radical (unpaired) electrons. The monoisotopic (exact) mass is 224 g/mol. The summed E-state index contributed by atoms with van der Waals surface area (Å²) in [4.78, 5) is 19.9. The Bertz CT molecular complexity index is 153. The van der Waals surface area contributed by atoms with Crippen LogP contribution in [0.25, 0.3) is 0 Å². The van der Waals surface area contributed by atoms with E-state index < -0.39 is 32.5 Å². The van der Waals surface area contributed by atoms with Crippen LogP contribution in [0.5, 0.6) is 0 Å². The number of rotatable bonds is 0. The minimum absolute atomic E-state index is 1.13. The molecular weight excluding hydrogens is 223 g/mol. The Balaban J connectivity index is 2.79. The van der Waals surface area contributed by atoms with Gasteiger partial charge in [0.15, 0.2) is 0 Å². The summed E-state index contributed by atoms with van der Waals surface area (Å²) in [6.07, 6.45) is 0. The molecule has 42 valence electrons. The van der Waals surface area contributed by atoms with Crippen LogP contribution in [-0.4, -0.2) is 32.5 Å². The van der Waals surface area contributed by atoms with Crippen LogP contribution in [0, 0.1) is 0 Å². The van der Waals surface area contributed by atoms with Gasteiger partial charge in [0.25, 0.3) is 0 Å². The zero-order valence-corrected chi connectivity index (χ0v) is 6.40. The van der Waals surface area contributed by atoms with Crippen molar-refractivity contribution in [1.82, 2.24) is 0 Å². The maximum absolute atomic E-state index is 10.1. The van der Waals surface area contributed by atoms with Gasteiger partial charge in [-0.2, -0.15) is 0 Å². The van der Waals surface area contributed by atoms with Gasteiger partial charge in [0, 0.05) is 0 Å². The predicted octanol–water partition coefficient (Wildman–Crippen LogP) is -1.50. The third-order valence-electron chi connectivity index (χ3n) is 0.519. The topological polar surface area (TPSA) is 69.7 Å². The van der Waals surface area contributed by atoms with E-state index in [1.54, 1.807) is 0 Å². The molecule has 0 aromatic carbocycles. The Kier molecular flexibility index (Phi) is 1.28. The molecule has 0 bridgehead atoms. The molecule has 1 rings (SSSR count). The van der Waals surface area contributed by atoms with Gasteiger partial charge in [-0.15, -0.1) is 0 Å². The van der Waals surface area contributed by atoms with Crippen molar-refractivity contribution in [3.05, 3.63) is 0 Å². The van der Waals surface area contributed by atoms with Crippen molar-refractivity contribution in [1.29, 1.82) is 0 Å². The molecule has 8 heavy (non-hydrogen) atoms. The van der Waals surface area contributed by atoms with E-state index in [2.05, 4.69) is 6.15 Å². The third-order valence-corrected chi connectivity index (χ3v) is 2.53. The average molecular weight is 223 g/mol. The van der Waals surface area contributed by atoms with Crippen LogP contribution in [0.3, 0.4) is 0 Å². The molecule has 1 aliphatic rings. The normalized spacial score (nSPS) is 18.2. The summed E-state index contributed by atoms with van der Waals surface area (Å²) in [5.74, 6) is -2.26. The molecule has 1 saturated heterocycles. The molecule has 0 atom stereocenters. The molecular formula is C2O5Sn. The van der Waals surface area contributed by atoms with Crippen molar-refractivity contribution in [2.24, 2.45) is 0 Å². The molecule has 0 amide bonds. The van der Waals surface area contributed by atoms with E-state index in [1.165, 1.54) is 0 Å². The van der Waals surface area contributed by atoms with Crippen molar-refractivity contribution >= 4 is 32.5 Å². The van der Waals surface area contributed by atoms with E-state index in [0.29, 0.717) is 0 Å². The summed E-state index contributed by atoms with van der Waals surface area (Å²) in [7, 11) is 0. The fourth-order valence-electron chi connectivity index (χ4n) is 0.256. The van der Waals surface area contributed by atoms with Gasteiger partial charge in [-0.25, -0.2) is 0 Å². The van der Waals surface area contributed by atoms with E-state index in [4.69, 9.17) is 0 Å². The van der Waals surface area contributed by atoms with Crippen molar-refractivity contribution in [2.45, 2.75) is 0 Å². The average Bonchev–Trinajstić information content (AvgIpc) is 1.85. The van der Waals surface area contributed by atoms with Crippen molar-refractivity contribution in [3.63, 3.8) is 0 Å². The zero-order chi connectivity index (χ0) is 6.15. The van der Waals surface area contributed by atoms with E-state index >= 15 is 0 Å². The molecule has 1 fully saturated rings. The Morgan fingerprint density at radius 1 is 1.12 bits per heavy atom. The quantitative estimate of drug-likeness (QED) is 0.369. The van der Waals surface area contributed by atoms with Crippen LogP contribution in [0.2, 0.25) is 0 Å². The SMILES string of the molecule is O=C1[O][Sn](=[O])[O]C1=O. The Hall–Kier alpha value is -0.461. The molecule has 1 aliphatic heterocycles. The summed E-state index contributed by atoms with van der Waals surface area (Å²) >= 11 is -3.60. The number of carbonyl (C=O) groups is 2. The van der Waals surface area contributed by atoms with Gasteiger partial charge < -0.3 is 0 Å². The number of hydrogen-bond donors (Lipinski definition) is 0. The summed E-state index contributed by atoms with van der Waals surface area (Å²) < 4.78 is 17.9. The Labute approximate surface area is 51.8 Å². The van der Waals surface area contributed by atoms with Crippen LogP contribution in [0.4, 0.5) is 0 Å². The summed E-state index contributed by atoms with van der Waals surface area (Å²) in [6.45, 7) is 0. The second-order valence-corrected chi connectivity index (χ2v) is 3.62. The van der Waals surface area contributed by atoms with Gasteiger partial charge in [0.2, 0.25) is 0 Å². The van der Waals surface area contributed by atoms with Crippen LogP contribution >= 0.6 is 0 Å². The second-order valence-electron chi connectivity index (χ2n) is 1.03. The van der Waals surface area contributed by atoms with Crippen molar-refractivity contribution in [2.75, 3.05) is 0 Å². The van der Waals surface area contributed by atoms with Crippen molar-refractivity contribution in [3.8, 4) is 0 Å². The Morgan fingerprint density at radius 2 is 1.50 bits per heavy atom. The first-order valence-corrected chi connectivity index (χ1v) is 5.17. The van der Waals surface area contributed by atoms with Gasteiger partial charge in [-0.05, 0) is 0 Å². The molecule has 0 aliphatic carbocycles. The molecule has 5 nitrogen and oxygen atoms in total. The first kappa shape index (κ1) is 5.67. The van der Waals surface area contributed by atoms with E-state index in [1.807, 2.05) is 0 Å². The molecule has 0 N–H and O–H groups in total. The molecule has 1 heterocycles. The van der Waals surface area contributed by atoms with Gasteiger partial charge >= 0.3 is 51.3 Å². The molecule has 0 spiro atoms. The first-order valence-electron chi connectivity index (χ1n) is 1.68. The third kappa shape index (κ3) is 0.857. The number of carbonyl (C=O) groups excluding carboxylic acids is 2. The first-order chi connectivity index (χ1) is 3.70. The fourth-order valence-corrected chi connectivity index (χ4v) is 1.71. The molecule has 0 saturated carbocycles. The number of hydrogen-bond acceptors (Lipinski definition) is 5. The van der Waals surface area contributed by atoms with Gasteiger partial charge in [-0.3, -0.25) is 0 Å². The van der Waals surface area contributed by atoms with Gasteiger partial charge in [0.1, 0.15) is 0 Å². The zero-order valence-electron chi connectivity index (χ0n) is 3.54. The minimum atomic E-state index is -3.60. The van der Waals surface area contributed by atoms with Crippen molar-refractivity contribution < 1.29 is 18.8 Å². The van der Waals surface area contributed by atoms with Gasteiger partial charge in [0.05, 0.1) is 0 Å². The molecule has 0 aromatic heterocycles. The predicted molar refractivity (Wildman–Crippen MR) is 18.6 cm³/mol. The summed E-state index contributed by atoms with van der Waals surface area (Å²) in [5.41, 5.74) is 0. The van der Waals surface area contributed by atoms with Crippen LogP contribution in [0.1, 0.15) is 0 Å². The standard InChI is InChI=1S/C2H2O4.O.Sn/c3-1(4)2(5)6;;/h(H,3,4)(H,5,6);;/q;;+2/p-2. The van der Waals surface area contributed by atoms with E-state index in [-0.39, 0.29) is 0 Å². The molecule has 0 unspecified atom stereocenters. The summed E-state index contributed by atoms with van der Waals surface area (Å²) in [5, 5.41) is 0. The Morgan fingerprint density at radius 3 is 1.62 bits per heavy atom. The molecule has 6 heteroatoms. The fraction of sp³-hybridized carbons (Fsp3) is 0. The maximum atomic E-state index is 10.1. The molecule has 0 aromatic rings. The van der Waals surface area contributed by atoms with E-state index in [9.17, 15) is 12.7 Å². The second kappa shape index (κ2) is 1.81. The van der Waals surface area contributed by atoms with Crippen LogP contribution in [-0.2, 0) is 18.8 Å². The van der Waals surface area contributed by atoms with Crippen LogP contribution < -0.4 is 0 Å². The van der Waals surface area contributed by atoms with E-state index in [0.717, 1.165) is 0 Å².